The largest absolute Gasteiger partial charge is 0.496 e. The number of carbonyl (C=O) groups excluding carboxylic acids is 1. The summed E-state index contributed by atoms with van der Waals surface area (Å²) in [5, 5.41) is 1.03. The van der Waals surface area contributed by atoms with Crippen LogP contribution in [0, 0.1) is 6.92 Å². The molecule has 1 rings (SSSR count). The van der Waals surface area contributed by atoms with Crippen molar-refractivity contribution in [2.75, 3.05) is 12.1 Å². The molecular weight excluding hydrogens is 168 g/mol. The minimum atomic E-state index is 0.557. The average Bonchev–Trinajstić information content (AvgIpc) is 2.17. The van der Waals surface area contributed by atoms with Crippen molar-refractivity contribution >= 4 is 12.1 Å². The first kappa shape index (κ1) is 9.54. The van der Waals surface area contributed by atoms with Crippen LogP contribution in [0.1, 0.15) is 5.56 Å². The van der Waals surface area contributed by atoms with Crippen LogP contribution >= 0.6 is 0 Å². The van der Waals surface area contributed by atoms with Gasteiger partial charge in [0.1, 0.15) is 5.75 Å². The fraction of sp³-hybridized carbons (Fsp3) is 0.222. The highest BCUT2D eigenvalue weighted by molar-refractivity contribution is 5.76. The molecule has 1 aromatic carbocycles. The van der Waals surface area contributed by atoms with E-state index >= 15 is 0 Å². The molecule has 0 saturated carbocycles. The van der Waals surface area contributed by atoms with Gasteiger partial charge in [-0.2, -0.15) is 0 Å². The van der Waals surface area contributed by atoms with E-state index in [9.17, 15) is 4.79 Å². The summed E-state index contributed by atoms with van der Waals surface area (Å²) in [7, 11) is 1.58. The van der Waals surface area contributed by atoms with Crippen molar-refractivity contribution in [2.45, 2.75) is 6.92 Å². The lowest BCUT2D eigenvalue weighted by Gasteiger charge is -2.15. The number of nitrogens with zero attached hydrogens (tertiary/aromatic N) is 1. The molecule has 0 heterocycles. The van der Waals surface area contributed by atoms with Gasteiger partial charge >= 0.3 is 0 Å². The van der Waals surface area contributed by atoms with E-state index in [1.807, 2.05) is 13.0 Å². The minimum Gasteiger partial charge on any atom is -0.496 e. The molecule has 0 atom stereocenters. The third-order valence-corrected chi connectivity index (χ3v) is 1.87. The van der Waals surface area contributed by atoms with Crippen LogP contribution in [0.15, 0.2) is 18.2 Å². The normalized spacial score (nSPS) is 9.46. The summed E-state index contributed by atoms with van der Waals surface area (Å²) in [4.78, 5) is 10.4. The molecule has 0 aliphatic rings. The zero-order chi connectivity index (χ0) is 9.84. The molecule has 0 aliphatic carbocycles. The number of nitrogens with two attached hydrogens (primary N) is 1. The lowest BCUT2D eigenvalue weighted by Crippen LogP contribution is -2.29. The van der Waals surface area contributed by atoms with Crippen molar-refractivity contribution < 1.29 is 9.53 Å². The van der Waals surface area contributed by atoms with Crippen LogP contribution in [0.5, 0.6) is 5.75 Å². The molecule has 13 heavy (non-hydrogen) atoms. The van der Waals surface area contributed by atoms with Crippen molar-refractivity contribution in [1.82, 2.24) is 0 Å². The molecule has 0 unspecified atom stereocenters. The number of carbonyl (C=O) groups is 1. The summed E-state index contributed by atoms with van der Waals surface area (Å²) in [5.74, 6) is 6.15. The Bertz CT molecular complexity index is 312. The molecule has 0 aromatic heterocycles. The van der Waals surface area contributed by atoms with Crippen LogP contribution in [-0.2, 0) is 4.79 Å². The summed E-state index contributed by atoms with van der Waals surface area (Å²) < 4.78 is 5.08. The van der Waals surface area contributed by atoms with E-state index in [4.69, 9.17) is 10.6 Å². The Morgan fingerprint density at radius 1 is 1.54 bits per heavy atom. The van der Waals surface area contributed by atoms with E-state index in [1.54, 1.807) is 19.2 Å². The number of amides is 1. The number of hydrazine groups is 1. The molecule has 4 heteroatoms. The first-order valence-corrected chi connectivity index (χ1v) is 3.83. The average molecular weight is 180 g/mol. The molecule has 2 N–H and O–H groups in total. The Kier molecular flexibility index (Phi) is 2.87. The van der Waals surface area contributed by atoms with E-state index in [1.165, 1.54) is 0 Å². The SMILES string of the molecule is COc1cccc(N(N)C=O)c1C. The van der Waals surface area contributed by atoms with Crippen LogP contribution < -0.4 is 15.6 Å². The lowest BCUT2D eigenvalue weighted by atomic mass is 10.2. The second-order valence-corrected chi connectivity index (χ2v) is 2.62. The van der Waals surface area contributed by atoms with Crippen molar-refractivity contribution in [3.05, 3.63) is 23.8 Å². The Morgan fingerprint density at radius 3 is 2.77 bits per heavy atom. The predicted molar refractivity (Wildman–Crippen MR) is 50.5 cm³/mol. The number of methoxy groups -OCH3 is 1. The van der Waals surface area contributed by atoms with Gasteiger partial charge in [-0.05, 0) is 19.1 Å². The Hall–Kier alpha value is -1.55. The van der Waals surface area contributed by atoms with E-state index in [2.05, 4.69) is 0 Å². The lowest BCUT2D eigenvalue weighted by molar-refractivity contribution is -0.107. The minimum absolute atomic E-state index is 0.557. The highest BCUT2D eigenvalue weighted by Gasteiger charge is 2.07. The van der Waals surface area contributed by atoms with Gasteiger partial charge in [-0.3, -0.25) is 9.80 Å². The summed E-state index contributed by atoms with van der Waals surface area (Å²) in [6.45, 7) is 1.84. The number of ether oxygens (including phenoxy) is 1. The quantitative estimate of drug-likeness (QED) is 0.324. The van der Waals surface area contributed by atoms with Crippen molar-refractivity contribution in [2.24, 2.45) is 5.84 Å². The van der Waals surface area contributed by atoms with Crippen LogP contribution in [0.2, 0.25) is 0 Å². The summed E-state index contributed by atoms with van der Waals surface area (Å²) >= 11 is 0. The maximum Gasteiger partial charge on any atom is 0.228 e. The van der Waals surface area contributed by atoms with Gasteiger partial charge < -0.3 is 4.74 Å². The van der Waals surface area contributed by atoms with Crippen molar-refractivity contribution in [3.63, 3.8) is 0 Å². The Morgan fingerprint density at radius 2 is 2.23 bits per heavy atom. The predicted octanol–water partition coefficient (Wildman–Crippen LogP) is 0.840. The van der Waals surface area contributed by atoms with Gasteiger partial charge in [-0.15, -0.1) is 0 Å². The molecule has 0 fully saturated rings. The van der Waals surface area contributed by atoms with Crippen molar-refractivity contribution in [1.29, 1.82) is 0 Å². The zero-order valence-corrected chi connectivity index (χ0v) is 7.65. The monoisotopic (exact) mass is 180 g/mol. The number of benzene rings is 1. The van der Waals surface area contributed by atoms with Gasteiger partial charge in [0.2, 0.25) is 6.41 Å². The van der Waals surface area contributed by atoms with Gasteiger partial charge in [-0.25, -0.2) is 5.84 Å². The third-order valence-electron chi connectivity index (χ3n) is 1.87. The van der Waals surface area contributed by atoms with E-state index in [0.29, 0.717) is 12.1 Å². The number of hydrogen-bond donors (Lipinski definition) is 1. The fourth-order valence-electron chi connectivity index (χ4n) is 1.16. The molecule has 0 aliphatic heterocycles. The Labute approximate surface area is 76.9 Å². The van der Waals surface area contributed by atoms with Gasteiger partial charge in [0, 0.05) is 5.56 Å². The molecule has 70 valence electrons. The fourth-order valence-corrected chi connectivity index (χ4v) is 1.16. The van der Waals surface area contributed by atoms with Crippen LogP contribution in [0.4, 0.5) is 5.69 Å². The maximum absolute atomic E-state index is 10.4. The molecule has 0 radical (unpaired) electrons. The second-order valence-electron chi connectivity index (χ2n) is 2.62. The molecule has 0 bridgehead atoms. The molecule has 4 nitrogen and oxygen atoms in total. The maximum atomic E-state index is 10.4. The summed E-state index contributed by atoms with van der Waals surface area (Å²) in [6.07, 6.45) is 0.557. The number of rotatable bonds is 3. The Balaban J connectivity index is 3.14. The zero-order valence-electron chi connectivity index (χ0n) is 7.65. The van der Waals surface area contributed by atoms with Gasteiger partial charge in [0.15, 0.2) is 0 Å². The first-order chi connectivity index (χ1) is 6.20. The van der Waals surface area contributed by atoms with Crippen LogP contribution in [-0.4, -0.2) is 13.5 Å². The molecule has 1 aromatic rings. The summed E-state index contributed by atoms with van der Waals surface area (Å²) in [6, 6.07) is 5.36. The molecule has 1 amide bonds. The molecule has 0 spiro atoms. The third kappa shape index (κ3) is 1.78. The van der Waals surface area contributed by atoms with E-state index < -0.39 is 0 Å². The van der Waals surface area contributed by atoms with Crippen LogP contribution in [0.25, 0.3) is 0 Å². The highest BCUT2D eigenvalue weighted by Crippen LogP contribution is 2.25. The summed E-state index contributed by atoms with van der Waals surface area (Å²) in [5.41, 5.74) is 1.49. The van der Waals surface area contributed by atoms with Gasteiger partial charge in [0.05, 0.1) is 12.8 Å². The van der Waals surface area contributed by atoms with Crippen molar-refractivity contribution in [3.8, 4) is 5.75 Å². The van der Waals surface area contributed by atoms with Gasteiger partial charge in [0.25, 0.3) is 0 Å². The smallest absolute Gasteiger partial charge is 0.228 e. The van der Waals surface area contributed by atoms with Gasteiger partial charge in [-0.1, -0.05) is 6.07 Å². The number of anilines is 1. The van der Waals surface area contributed by atoms with Crippen LogP contribution in [0.3, 0.4) is 0 Å². The topological polar surface area (TPSA) is 55.6 Å². The molecular formula is C9H12N2O2. The highest BCUT2D eigenvalue weighted by atomic mass is 16.5. The molecule has 0 saturated heterocycles. The van der Waals surface area contributed by atoms with E-state index in [-0.39, 0.29) is 0 Å². The first-order valence-electron chi connectivity index (χ1n) is 3.83. The van der Waals surface area contributed by atoms with E-state index in [0.717, 1.165) is 16.3 Å². The second kappa shape index (κ2) is 3.91. The number of hydrogen-bond acceptors (Lipinski definition) is 3. The standard InChI is InChI=1S/C9H12N2O2/c1-7-8(11(10)6-12)4-3-5-9(7)13-2/h3-6H,10H2,1-2H3.